The van der Waals surface area contributed by atoms with Crippen molar-refractivity contribution in [2.75, 3.05) is 18.0 Å². The predicted octanol–water partition coefficient (Wildman–Crippen LogP) is 4.49. The molecule has 4 nitrogen and oxygen atoms in total. The molecule has 138 valence electrons. The molecule has 0 aliphatic carbocycles. The number of carbonyl (C=O) groups excluding carboxylic acids is 2. The van der Waals surface area contributed by atoms with E-state index < -0.39 is 0 Å². The van der Waals surface area contributed by atoms with Crippen LogP contribution in [0.5, 0.6) is 0 Å². The van der Waals surface area contributed by atoms with Crippen LogP contribution < -0.4 is 10.2 Å². The molecule has 0 saturated carbocycles. The van der Waals surface area contributed by atoms with E-state index in [1.807, 2.05) is 18.2 Å². The van der Waals surface area contributed by atoms with E-state index in [0.29, 0.717) is 22.3 Å². The second kappa shape index (κ2) is 10.2. The highest BCUT2D eigenvalue weighted by Gasteiger charge is 2.16. The first-order valence-corrected chi connectivity index (χ1v) is 9.26. The van der Waals surface area contributed by atoms with Gasteiger partial charge in [-0.2, -0.15) is 0 Å². The molecule has 2 amide bonds. The molecule has 0 aromatic heterocycles. The number of hydrogen-bond donors (Lipinski definition) is 1. The first-order chi connectivity index (χ1) is 12.5. The van der Waals surface area contributed by atoms with Gasteiger partial charge in [0.25, 0.3) is 0 Å². The molecule has 26 heavy (non-hydrogen) atoms. The Hall–Kier alpha value is -2.04. The van der Waals surface area contributed by atoms with Crippen LogP contribution in [0.25, 0.3) is 0 Å². The van der Waals surface area contributed by atoms with Gasteiger partial charge in [-0.1, -0.05) is 53.5 Å². The molecule has 0 unspecified atom stereocenters. The lowest BCUT2D eigenvalue weighted by molar-refractivity contribution is -0.121. The molecule has 1 N–H and O–H groups in total. The molecule has 0 aliphatic rings. The highest BCUT2D eigenvalue weighted by atomic mass is 35.5. The van der Waals surface area contributed by atoms with Gasteiger partial charge in [-0.05, 0) is 36.6 Å². The van der Waals surface area contributed by atoms with Crippen molar-refractivity contribution in [3.63, 3.8) is 0 Å². The third kappa shape index (κ3) is 6.36. The topological polar surface area (TPSA) is 49.4 Å². The minimum Gasteiger partial charge on any atom is -0.356 e. The number of anilines is 1. The number of hydrogen-bond acceptors (Lipinski definition) is 2. The number of nitrogens with one attached hydrogen (secondary N) is 1. The average Bonchev–Trinajstić information content (AvgIpc) is 2.62. The van der Waals surface area contributed by atoms with E-state index in [0.717, 1.165) is 12.8 Å². The summed E-state index contributed by atoms with van der Waals surface area (Å²) in [5, 5.41) is 3.80. The van der Waals surface area contributed by atoms with Crippen LogP contribution in [0.1, 0.15) is 25.3 Å². The van der Waals surface area contributed by atoms with Crippen LogP contribution in [-0.4, -0.2) is 24.9 Å². The quantitative estimate of drug-likeness (QED) is 0.672. The third-order valence-corrected chi connectivity index (χ3v) is 4.50. The molecule has 2 rings (SSSR count). The molecular weight excluding hydrogens is 371 g/mol. The van der Waals surface area contributed by atoms with E-state index in [1.165, 1.54) is 17.4 Å². The summed E-state index contributed by atoms with van der Waals surface area (Å²) < 4.78 is 0. The maximum Gasteiger partial charge on any atom is 0.223 e. The van der Waals surface area contributed by atoms with Gasteiger partial charge in [-0.15, -0.1) is 0 Å². The van der Waals surface area contributed by atoms with Crippen molar-refractivity contribution in [2.45, 2.75) is 26.2 Å². The second-order valence-corrected chi connectivity index (χ2v) is 6.80. The normalized spacial score (nSPS) is 10.4. The second-order valence-electron chi connectivity index (χ2n) is 5.96. The SMILES string of the molecule is CC(=O)N(CCC(=O)NCCCc1ccccc1)c1cc(Cl)ccc1Cl. The van der Waals surface area contributed by atoms with Crippen molar-refractivity contribution in [1.82, 2.24) is 5.32 Å². The van der Waals surface area contributed by atoms with Gasteiger partial charge in [0.15, 0.2) is 0 Å². The maximum atomic E-state index is 12.1. The van der Waals surface area contributed by atoms with Gasteiger partial charge in [-0.25, -0.2) is 0 Å². The van der Waals surface area contributed by atoms with Crippen molar-refractivity contribution in [3.8, 4) is 0 Å². The number of aryl methyl sites for hydroxylation is 1. The fourth-order valence-corrected chi connectivity index (χ4v) is 2.99. The van der Waals surface area contributed by atoms with Crippen molar-refractivity contribution in [2.24, 2.45) is 0 Å². The molecule has 0 saturated heterocycles. The van der Waals surface area contributed by atoms with E-state index in [9.17, 15) is 9.59 Å². The molecule has 0 bridgehead atoms. The van der Waals surface area contributed by atoms with Crippen LogP contribution in [-0.2, 0) is 16.0 Å². The smallest absolute Gasteiger partial charge is 0.223 e. The standard InChI is InChI=1S/C20H22Cl2N2O2/c1-15(25)24(19-14-17(21)9-10-18(19)22)13-11-20(26)23-12-5-8-16-6-3-2-4-7-16/h2-4,6-7,9-10,14H,5,8,11-13H2,1H3,(H,23,26). The van der Waals surface area contributed by atoms with Gasteiger partial charge in [0, 0.05) is 31.5 Å². The number of rotatable bonds is 8. The third-order valence-electron chi connectivity index (χ3n) is 3.95. The molecule has 0 radical (unpaired) electrons. The Morgan fingerprint density at radius 2 is 1.81 bits per heavy atom. The summed E-state index contributed by atoms with van der Waals surface area (Å²) in [5.74, 6) is -0.284. The van der Waals surface area contributed by atoms with Crippen LogP contribution in [0, 0.1) is 0 Å². The Morgan fingerprint density at radius 3 is 2.50 bits per heavy atom. The summed E-state index contributed by atoms with van der Waals surface area (Å²) in [6, 6.07) is 15.1. The summed E-state index contributed by atoms with van der Waals surface area (Å²) in [5.41, 5.74) is 1.77. The van der Waals surface area contributed by atoms with E-state index >= 15 is 0 Å². The minimum atomic E-state index is -0.189. The lowest BCUT2D eigenvalue weighted by Crippen LogP contribution is -2.34. The predicted molar refractivity (Wildman–Crippen MR) is 107 cm³/mol. The first kappa shape index (κ1) is 20.3. The van der Waals surface area contributed by atoms with E-state index in [1.54, 1.807) is 18.2 Å². The van der Waals surface area contributed by atoms with E-state index in [4.69, 9.17) is 23.2 Å². The molecule has 0 heterocycles. The van der Waals surface area contributed by atoms with E-state index in [-0.39, 0.29) is 24.8 Å². The summed E-state index contributed by atoms with van der Waals surface area (Å²) in [4.78, 5) is 25.5. The van der Waals surface area contributed by atoms with Gasteiger partial charge in [0.05, 0.1) is 10.7 Å². The van der Waals surface area contributed by atoms with Crippen molar-refractivity contribution in [1.29, 1.82) is 0 Å². The monoisotopic (exact) mass is 392 g/mol. The lowest BCUT2D eigenvalue weighted by atomic mass is 10.1. The highest BCUT2D eigenvalue weighted by molar-refractivity contribution is 6.35. The molecule has 0 atom stereocenters. The van der Waals surface area contributed by atoms with Crippen LogP contribution in [0.15, 0.2) is 48.5 Å². The maximum absolute atomic E-state index is 12.1. The van der Waals surface area contributed by atoms with Crippen molar-refractivity contribution < 1.29 is 9.59 Å². The summed E-state index contributed by atoms with van der Waals surface area (Å²) in [6.45, 7) is 2.29. The number of carbonyl (C=O) groups is 2. The summed E-state index contributed by atoms with van der Waals surface area (Å²) >= 11 is 12.1. The molecule has 0 fully saturated rings. The Bertz CT molecular complexity index is 751. The van der Waals surface area contributed by atoms with Gasteiger partial charge < -0.3 is 10.2 Å². The Morgan fingerprint density at radius 1 is 1.08 bits per heavy atom. The average molecular weight is 393 g/mol. The van der Waals surface area contributed by atoms with Crippen molar-refractivity contribution in [3.05, 3.63) is 64.1 Å². The van der Waals surface area contributed by atoms with Crippen LogP contribution in [0.2, 0.25) is 10.0 Å². The van der Waals surface area contributed by atoms with Crippen LogP contribution >= 0.6 is 23.2 Å². The number of benzene rings is 2. The fourth-order valence-electron chi connectivity index (χ4n) is 2.61. The van der Waals surface area contributed by atoms with Gasteiger partial charge in [0.2, 0.25) is 11.8 Å². The van der Waals surface area contributed by atoms with Crippen LogP contribution in [0.3, 0.4) is 0 Å². The Balaban J connectivity index is 1.80. The summed E-state index contributed by atoms with van der Waals surface area (Å²) in [6.07, 6.45) is 1.98. The molecule has 6 heteroatoms. The zero-order chi connectivity index (χ0) is 18.9. The van der Waals surface area contributed by atoms with Gasteiger partial charge >= 0.3 is 0 Å². The molecule has 0 spiro atoms. The number of nitrogens with zero attached hydrogens (tertiary/aromatic N) is 1. The largest absolute Gasteiger partial charge is 0.356 e. The van der Waals surface area contributed by atoms with Crippen molar-refractivity contribution >= 4 is 40.7 Å². The molecular formula is C20H22Cl2N2O2. The highest BCUT2D eigenvalue weighted by Crippen LogP contribution is 2.29. The number of halogens is 2. The first-order valence-electron chi connectivity index (χ1n) is 8.51. The zero-order valence-corrected chi connectivity index (χ0v) is 16.2. The van der Waals surface area contributed by atoms with Gasteiger partial charge in [0.1, 0.15) is 0 Å². The molecule has 2 aromatic carbocycles. The number of amides is 2. The molecule has 2 aromatic rings. The Kier molecular flexibility index (Phi) is 7.95. The van der Waals surface area contributed by atoms with E-state index in [2.05, 4.69) is 17.4 Å². The molecule has 0 aliphatic heterocycles. The minimum absolute atomic E-state index is 0.0949. The van der Waals surface area contributed by atoms with Gasteiger partial charge in [-0.3, -0.25) is 9.59 Å². The Labute approximate surface area is 164 Å². The lowest BCUT2D eigenvalue weighted by Gasteiger charge is -2.22. The summed E-state index contributed by atoms with van der Waals surface area (Å²) in [7, 11) is 0. The van der Waals surface area contributed by atoms with Crippen LogP contribution in [0.4, 0.5) is 5.69 Å². The fraction of sp³-hybridized carbons (Fsp3) is 0.300. The zero-order valence-electron chi connectivity index (χ0n) is 14.7.